The SMILES string of the molecule is CCOc1cc(/C(O)=C2/C(=O)C(=O)N(c3ccc(OC(F)(F)F)cc3)C2c2ccc(C)o2)ccc1Cl. The van der Waals surface area contributed by atoms with E-state index in [1.807, 2.05) is 0 Å². The zero-order chi connectivity index (χ0) is 26.2. The van der Waals surface area contributed by atoms with E-state index in [0.29, 0.717) is 12.4 Å². The van der Waals surface area contributed by atoms with Crippen molar-refractivity contribution in [1.82, 2.24) is 0 Å². The summed E-state index contributed by atoms with van der Waals surface area (Å²) in [6, 6.07) is 10.8. The third-order valence-corrected chi connectivity index (χ3v) is 5.64. The van der Waals surface area contributed by atoms with Crippen molar-refractivity contribution in [2.75, 3.05) is 11.5 Å². The second-order valence-electron chi connectivity index (χ2n) is 7.74. The standard InChI is InChI=1S/C25H19ClF3NO6/c1-3-34-19-12-14(5-10-17(19)26)22(31)20-21(18-11-4-13(2)35-18)30(24(33)23(20)32)15-6-8-16(9-7-15)36-25(27,28)29/h4-12,21,31H,3H2,1-2H3/b22-20-. The molecule has 188 valence electrons. The Morgan fingerprint density at radius 3 is 2.39 bits per heavy atom. The van der Waals surface area contributed by atoms with Crippen LogP contribution in [0.4, 0.5) is 18.9 Å². The molecule has 0 saturated carbocycles. The van der Waals surface area contributed by atoms with Gasteiger partial charge in [-0.15, -0.1) is 13.2 Å². The van der Waals surface area contributed by atoms with Crippen molar-refractivity contribution < 1.29 is 41.8 Å². The fourth-order valence-electron chi connectivity index (χ4n) is 3.85. The number of aliphatic hydroxyl groups is 1. The van der Waals surface area contributed by atoms with E-state index in [2.05, 4.69) is 4.74 Å². The van der Waals surface area contributed by atoms with E-state index >= 15 is 0 Å². The quantitative estimate of drug-likeness (QED) is 0.237. The minimum absolute atomic E-state index is 0.0934. The van der Waals surface area contributed by atoms with Crippen LogP contribution in [0.3, 0.4) is 0 Å². The first-order valence-corrected chi connectivity index (χ1v) is 11.0. The molecule has 0 aliphatic carbocycles. The molecule has 1 aliphatic heterocycles. The number of carbonyl (C=O) groups excluding carboxylic acids is 2. The molecule has 1 N–H and O–H groups in total. The summed E-state index contributed by atoms with van der Waals surface area (Å²) in [6.07, 6.45) is -4.89. The van der Waals surface area contributed by atoms with Gasteiger partial charge in [0.25, 0.3) is 11.7 Å². The second kappa shape index (κ2) is 9.62. The molecule has 2 aromatic carbocycles. The van der Waals surface area contributed by atoms with Crippen molar-refractivity contribution in [3.8, 4) is 11.5 Å². The first-order chi connectivity index (χ1) is 17.0. The maximum atomic E-state index is 13.1. The predicted octanol–water partition coefficient (Wildman–Crippen LogP) is 6.17. The van der Waals surface area contributed by atoms with E-state index in [0.717, 1.165) is 17.0 Å². The molecule has 1 aliphatic rings. The van der Waals surface area contributed by atoms with Gasteiger partial charge in [0.2, 0.25) is 0 Å². The molecule has 1 aromatic heterocycles. The van der Waals surface area contributed by atoms with Crippen LogP contribution in [0.5, 0.6) is 11.5 Å². The Morgan fingerprint density at radius 2 is 1.81 bits per heavy atom. The van der Waals surface area contributed by atoms with Crippen molar-refractivity contribution >= 4 is 34.7 Å². The lowest BCUT2D eigenvalue weighted by atomic mass is 9.99. The van der Waals surface area contributed by atoms with E-state index in [1.54, 1.807) is 26.0 Å². The third-order valence-electron chi connectivity index (χ3n) is 5.33. The van der Waals surface area contributed by atoms with Crippen LogP contribution in [0.2, 0.25) is 5.02 Å². The molecule has 11 heteroatoms. The van der Waals surface area contributed by atoms with E-state index < -0.39 is 35.6 Å². The third kappa shape index (κ3) is 4.90. The van der Waals surface area contributed by atoms with Crippen LogP contribution in [0, 0.1) is 6.92 Å². The first kappa shape index (κ1) is 25.2. The highest BCUT2D eigenvalue weighted by atomic mass is 35.5. The van der Waals surface area contributed by atoms with Crippen molar-refractivity contribution in [2.45, 2.75) is 26.3 Å². The van der Waals surface area contributed by atoms with Crippen LogP contribution >= 0.6 is 11.6 Å². The lowest BCUT2D eigenvalue weighted by Crippen LogP contribution is -2.29. The van der Waals surface area contributed by atoms with Gasteiger partial charge < -0.3 is 19.0 Å². The van der Waals surface area contributed by atoms with Gasteiger partial charge >= 0.3 is 6.36 Å². The van der Waals surface area contributed by atoms with Crippen LogP contribution in [0.25, 0.3) is 5.76 Å². The van der Waals surface area contributed by atoms with Gasteiger partial charge in [-0.1, -0.05) is 11.6 Å². The molecule has 2 heterocycles. The summed E-state index contributed by atoms with van der Waals surface area (Å²) in [5.41, 5.74) is -0.00590. The summed E-state index contributed by atoms with van der Waals surface area (Å²) in [5.74, 6) is -2.09. The van der Waals surface area contributed by atoms with Crippen molar-refractivity contribution in [1.29, 1.82) is 0 Å². The summed E-state index contributed by atoms with van der Waals surface area (Å²) in [6.45, 7) is 3.71. The average Bonchev–Trinajstić information content (AvgIpc) is 3.35. The molecule has 0 bridgehead atoms. The fourth-order valence-corrected chi connectivity index (χ4v) is 4.02. The number of halogens is 4. The van der Waals surface area contributed by atoms with Gasteiger partial charge in [-0.05, 0) is 68.4 Å². The zero-order valence-electron chi connectivity index (χ0n) is 18.9. The number of amides is 1. The number of benzene rings is 2. The molecule has 0 spiro atoms. The number of ketones is 1. The Morgan fingerprint density at radius 1 is 1.11 bits per heavy atom. The molecule has 1 atom stereocenters. The van der Waals surface area contributed by atoms with Crippen LogP contribution < -0.4 is 14.4 Å². The van der Waals surface area contributed by atoms with Crippen LogP contribution in [-0.4, -0.2) is 29.8 Å². The number of rotatable bonds is 6. The maximum absolute atomic E-state index is 13.1. The minimum Gasteiger partial charge on any atom is -0.507 e. The molecule has 3 aromatic rings. The van der Waals surface area contributed by atoms with Gasteiger partial charge in [0.05, 0.1) is 17.2 Å². The Hall–Kier alpha value is -3.92. The summed E-state index contributed by atoms with van der Waals surface area (Å²) >= 11 is 6.13. The number of aryl methyl sites for hydroxylation is 1. The number of carbonyl (C=O) groups is 2. The Balaban J connectivity index is 1.84. The first-order valence-electron chi connectivity index (χ1n) is 10.7. The molecule has 1 unspecified atom stereocenters. The molecule has 36 heavy (non-hydrogen) atoms. The highest BCUT2D eigenvalue weighted by molar-refractivity contribution is 6.51. The molecule has 1 saturated heterocycles. The number of hydrogen-bond donors (Lipinski definition) is 1. The van der Waals surface area contributed by atoms with Crippen molar-refractivity contribution in [3.63, 3.8) is 0 Å². The van der Waals surface area contributed by atoms with E-state index in [4.69, 9.17) is 20.8 Å². The predicted molar refractivity (Wildman–Crippen MR) is 124 cm³/mol. The van der Waals surface area contributed by atoms with Crippen molar-refractivity contribution in [2.24, 2.45) is 0 Å². The molecule has 0 radical (unpaired) electrons. The lowest BCUT2D eigenvalue weighted by Gasteiger charge is -2.23. The lowest BCUT2D eigenvalue weighted by molar-refractivity contribution is -0.274. The number of furan rings is 1. The Kier molecular flexibility index (Phi) is 6.73. The Labute approximate surface area is 208 Å². The number of ether oxygens (including phenoxy) is 2. The number of anilines is 1. The van der Waals surface area contributed by atoms with Gasteiger partial charge in [0.15, 0.2) is 0 Å². The van der Waals surface area contributed by atoms with Gasteiger partial charge in [0.1, 0.15) is 34.8 Å². The fraction of sp³-hybridized carbons (Fsp3) is 0.200. The molecule has 1 amide bonds. The van der Waals surface area contributed by atoms with E-state index in [1.165, 1.54) is 30.3 Å². The summed E-state index contributed by atoms with van der Waals surface area (Å²) in [5, 5.41) is 11.4. The number of nitrogens with zero attached hydrogens (tertiary/aromatic N) is 1. The topological polar surface area (TPSA) is 89.2 Å². The largest absolute Gasteiger partial charge is 0.573 e. The van der Waals surface area contributed by atoms with Gasteiger partial charge in [-0.25, -0.2) is 0 Å². The molecule has 4 rings (SSSR count). The van der Waals surface area contributed by atoms with Gasteiger partial charge in [-0.3, -0.25) is 14.5 Å². The van der Waals surface area contributed by atoms with Gasteiger partial charge in [0, 0.05) is 11.3 Å². The smallest absolute Gasteiger partial charge is 0.507 e. The molecule has 1 fully saturated rings. The number of Topliss-reactive ketones (excluding diaryl/α,β-unsaturated/α-hetero) is 1. The van der Waals surface area contributed by atoms with Crippen LogP contribution in [-0.2, 0) is 9.59 Å². The second-order valence-corrected chi connectivity index (χ2v) is 8.14. The number of hydrogen-bond acceptors (Lipinski definition) is 6. The molecule has 7 nitrogen and oxygen atoms in total. The highest BCUT2D eigenvalue weighted by Gasteiger charge is 2.48. The van der Waals surface area contributed by atoms with Crippen LogP contribution in [0.1, 0.15) is 30.0 Å². The van der Waals surface area contributed by atoms with E-state index in [-0.39, 0.29) is 33.4 Å². The summed E-state index contributed by atoms with van der Waals surface area (Å²) < 4.78 is 52.7. The summed E-state index contributed by atoms with van der Waals surface area (Å²) in [4.78, 5) is 27.3. The normalized spacial score (nSPS) is 17.5. The molecular weight excluding hydrogens is 503 g/mol. The minimum atomic E-state index is -4.89. The van der Waals surface area contributed by atoms with E-state index in [9.17, 15) is 27.9 Å². The van der Waals surface area contributed by atoms with Crippen LogP contribution in [0.15, 0.2) is 64.6 Å². The zero-order valence-corrected chi connectivity index (χ0v) is 19.7. The monoisotopic (exact) mass is 521 g/mol. The van der Waals surface area contributed by atoms with Gasteiger partial charge in [-0.2, -0.15) is 0 Å². The Bertz CT molecular complexity index is 1350. The average molecular weight is 522 g/mol. The summed E-state index contributed by atoms with van der Waals surface area (Å²) in [7, 11) is 0. The number of alkyl halides is 3. The highest BCUT2D eigenvalue weighted by Crippen LogP contribution is 2.43. The maximum Gasteiger partial charge on any atom is 0.573 e. The number of aliphatic hydroxyl groups excluding tert-OH is 1. The molecular formula is C25H19ClF3NO6. The van der Waals surface area contributed by atoms with Crippen molar-refractivity contribution in [3.05, 3.63) is 82.3 Å².